The highest BCUT2D eigenvalue weighted by Gasteiger charge is 2.39. The zero-order valence-electron chi connectivity index (χ0n) is 10.1. The van der Waals surface area contributed by atoms with Crippen LogP contribution in [-0.4, -0.2) is 66.1 Å². The van der Waals surface area contributed by atoms with E-state index in [0.29, 0.717) is 6.04 Å². The number of nitrogens with one attached hydrogen (secondary N) is 1. The smallest absolute Gasteiger partial charge is 0.394 e. The molecular weight excluding hydrogens is 230 g/mol. The monoisotopic (exact) mass is 253 g/mol. The fraction of sp³-hybridized carbons (Fsp3) is 1.00. The van der Waals surface area contributed by atoms with E-state index in [1.807, 2.05) is 7.05 Å². The van der Waals surface area contributed by atoms with Gasteiger partial charge in [-0.2, -0.15) is 0 Å². The van der Waals surface area contributed by atoms with Gasteiger partial charge in [0, 0.05) is 13.2 Å². The van der Waals surface area contributed by atoms with Crippen LogP contribution in [0.1, 0.15) is 6.42 Å². The maximum Gasteiger partial charge on any atom is 0.500 e. The van der Waals surface area contributed by atoms with Gasteiger partial charge in [-0.15, -0.1) is 0 Å². The van der Waals surface area contributed by atoms with Gasteiger partial charge in [0.1, 0.15) is 0 Å². The highest BCUT2D eigenvalue weighted by Crippen LogP contribution is 2.16. The molecular formula is C9H23NO5Si. The molecule has 0 fully saturated rings. The van der Waals surface area contributed by atoms with Crippen LogP contribution in [-0.2, 0) is 13.3 Å². The second kappa shape index (κ2) is 10.2. The molecule has 0 saturated carbocycles. The Kier molecular flexibility index (Phi) is 10.1. The van der Waals surface area contributed by atoms with Crippen molar-refractivity contribution in [3.63, 3.8) is 0 Å². The first-order valence-corrected chi connectivity index (χ1v) is 7.37. The summed E-state index contributed by atoms with van der Waals surface area (Å²) in [5.74, 6) is 0. The first kappa shape index (κ1) is 16.0. The van der Waals surface area contributed by atoms with Crippen LogP contribution < -0.4 is 5.32 Å². The molecule has 0 aliphatic rings. The van der Waals surface area contributed by atoms with Gasteiger partial charge in [-0.1, -0.05) is 0 Å². The number of hydrogen-bond donors (Lipinski definition) is 3. The standard InChI is InChI=1S/C9H23NO5Si/c1-10-4-3-9-16(13-2,14-7-5-11)15-8-6-12/h10-12H,3-9H2,1-2H3. The average Bonchev–Trinajstić information content (AvgIpc) is 2.32. The van der Waals surface area contributed by atoms with E-state index >= 15 is 0 Å². The lowest BCUT2D eigenvalue weighted by Crippen LogP contribution is -2.46. The molecule has 6 nitrogen and oxygen atoms in total. The van der Waals surface area contributed by atoms with Gasteiger partial charge in [0.2, 0.25) is 0 Å². The summed E-state index contributed by atoms with van der Waals surface area (Å²) >= 11 is 0. The molecule has 0 bridgehead atoms. The summed E-state index contributed by atoms with van der Waals surface area (Å²) in [6.45, 7) is 1.12. The molecule has 0 spiro atoms. The third-order valence-corrected chi connectivity index (χ3v) is 4.92. The van der Waals surface area contributed by atoms with Gasteiger partial charge in [-0.3, -0.25) is 0 Å². The van der Waals surface area contributed by atoms with Crippen molar-refractivity contribution in [2.75, 3.05) is 47.1 Å². The zero-order valence-corrected chi connectivity index (χ0v) is 11.1. The van der Waals surface area contributed by atoms with E-state index in [-0.39, 0.29) is 26.4 Å². The van der Waals surface area contributed by atoms with Crippen LogP contribution in [0.15, 0.2) is 0 Å². The number of hydrogen-bond acceptors (Lipinski definition) is 6. The lowest BCUT2D eigenvalue weighted by molar-refractivity contribution is 0.0498. The lowest BCUT2D eigenvalue weighted by atomic mass is 10.5. The molecule has 0 aromatic carbocycles. The van der Waals surface area contributed by atoms with Crippen LogP contribution in [0.2, 0.25) is 6.04 Å². The molecule has 0 aliphatic carbocycles. The van der Waals surface area contributed by atoms with Crippen molar-refractivity contribution >= 4 is 8.80 Å². The van der Waals surface area contributed by atoms with Crippen LogP contribution >= 0.6 is 0 Å². The van der Waals surface area contributed by atoms with E-state index in [1.54, 1.807) is 7.11 Å². The van der Waals surface area contributed by atoms with Crippen molar-refractivity contribution in [1.82, 2.24) is 5.32 Å². The molecule has 0 radical (unpaired) electrons. The van der Waals surface area contributed by atoms with Crippen molar-refractivity contribution in [2.45, 2.75) is 12.5 Å². The first-order chi connectivity index (χ1) is 7.74. The molecule has 98 valence electrons. The fourth-order valence-electron chi connectivity index (χ4n) is 1.29. The third-order valence-electron chi connectivity index (χ3n) is 2.05. The topological polar surface area (TPSA) is 80.2 Å². The van der Waals surface area contributed by atoms with E-state index in [2.05, 4.69) is 5.32 Å². The quantitative estimate of drug-likeness (QED) is 0.330. The van der Waals surface area contributed by atoms with E-state index < -0.39 is 8.80 Å². The van der Waals surface area contributed by atoms with E-state index in [1.165, 1.54) is 0 Å². The predicted octanol–water partition coefficient (Wildman–Crippen LogP) is -0.801. The maximum absolute atomic E-state index is 8.75. The van der Waals surface area contributed by atoms with Crippen molar-refractivity contribution in [1.29, 1.82) is 0 Å². The van der Waals surface area contributed by atoms with E-state index in [9.17, 15) is 0 Å². The molecule has 0 rings (SSSR count). The molecule has 0 heterocycles. The SMILES string of the molecule is CNCCC[Si](OC)(OCCO)OCCO. The summed E-state index contributed by atoms with van der Waals surface area (Å²) in [7, 11) is 0.708. The maximum atomic E-state index is 8.75. The molecule has 7 heteroatoms. The summed E-state index contributed by atoms with van der Waals surface area (Å²) in [5, 5.41) is 20.5. The highest BCUT2D eigenvalue weighted by molar-refractivity contribution is 6.60. The van der Waals surface area contributed by atoms with Crippen molar-refractivity contribution < 1.29 is 23.5 Å². The second-order valence-corrected chi connectivity index (χ2v) is 6.09. The fourth-order valence-corrected chi connectivity index (χ4v) is 3.52. The van der Waals surface area contributed by atoms with Crippen LogP contribution in [0.25, 0.3) is 0 Å². The molecule has 0 unspecified atom stereocenters. The Labute approximate surface area is 97.9 Å². The van der Waals surface area contributed by atoms with Crippen molar-refractivity contribution in [2.24, 2.45) is 0 Å². The average molecular weight is 253 g/mol. The normalized spacial score (nSPS) is 12.0. The molecule has 0 aromatic rings. The predicted molar refractivity (Wildman–Crippen MR) is 62.2 cm³/mol. The van der Waals surface area contributed by atoms with Crippen LogP contribution in [0, 0.1) is 0 Å². The Morgan fingerprint density at radius 1 is 1.12 bits per heavy atom. The molecule has 0 aliphatic heterocycles. The lowest BCUT2D eigenvalue weighted by Gasteiger charge is -2.27. The molecule has 0 amide bonds. The molecule has 0 atom stereocenters. The minimum absolute atomic E-state index is 0.0629. The minimum atomic E-state index is -2.71. The van der Waals surface area contributed by atoms with E-state index in [0.717, 1.165) is 13.0 Å². The zero-order chi connectivity index (χ0) is 12.3. The summed E-state index contributed by atoms with van der Waals surface area (Å²) in [5.41, 5.74) is 0. The Hall–Kier alpha value is -0.0231. The van der Waals surface area contributed by atoms with Crippen LogP contribution in [0.3, 0.4) is 0 Å². The minimum Gasteiger partial charge on any atom is -0.394 e. The summed E-state index contributed by atoms with van der Waals surface area (Å²) in [4.78, 5) is 0. The van der Waals surface area contributed by atoms with Gasteiger partial charge in [-0.05, 0) is 20.0 Å². The Morgan fingerprint density at radius 3 is 2.06 bits per heavy atom. The van der Waals surface area contributed by atoms with Gasteiger partial charge < -0.3 is 28.8 Å². The van der Waals surface area contributed by atoms with Crippen molar-refractivity contribution in [3.05, 3.63) is 0 Å². The highest BCUT2D eigenvalue weighted by atomic mass is 28.4. The number of aliphatic hydroxyl groups is 2. The molecule has 16 heavy (non-hydrogen) atoms. The first-order valence-electron chi connectivity index (χ1n) is 5.44. The van der Waals surface area contributed by atoms with E-state index in [4.69, 9.17) is 23.5 Å². The molecule has 0 aromatic heterocycles. The van der Waals surface area contributed by atoms with Crippen LogP contribution in [0.5, 0.6) is 0 Å². The Morgan fingerprint density at radius 2 is 1.69 bits per heavy atom. The van der Waals surface area contributed by atoms with Gasteiger partial charge in [0.05, 0.1) is 26.4 Å². The van der Waals surface area contributed by atoms with Gasteiger partial charge in [0.15, 0.2) is 0 Å². The van der Waals surface area contributed by atoms with Crippen LogP contribution in [0.4, 0.5) is 0 Å². The molecule has 0 saturated heterocycles. The molecule has 3 N–H and O–H groups in total. The number of rotatable bonds is 11. The summed E-state index contributed by atoms with van der Waals surface area (Å²) in [6.07, 6.45) is 0.868. The second-order valence-electron chi connectivity index (χ2n) is 3.24. The summed E-state index contributed by atoms with van der Waals surface area (Å²) < 4.78 is 16.3. The van der Waals surface area contributed by atoms with Gasteiger partial charge >= 0.3 is 8.80 Å². The third kappa shape index (κ3) is 6.54. The van der Waals surface area contributed by atoms with Gasteiger partial charge in [-0.25, -0.2) is 0 Å². The van der Waals surface area contributed by atoms with Crippen molar-refractivity contribution in [3.8, 4) is 0 Å². The summed E-state index contributed by atoms with van der Waals surface area (Å²) in [6, 6.07) is 0.671. The largest absolute Gasteiger partial charge is 0.500 e. The van der Waals surface area contributed by atoms with Gasteiger partial charge in [0.25, 0.3) is 0 Å². The number of aliphatic hydroxyl groups excluding tert-OH is 2. The Balaban J connectivity index is 4.16. The Bertz CT molecular complexity index is 153.